The molecule has 0 aliphatic carbocycles. The van der Waals surface area contributed by atoms with Crippen LogP contribution in [-0.4, -0.2) is 24.0 Å². The molecule has 5 heteroatoms. The summed E-state index contributed by atoms with van der Waals surface area (Å²) in [5.74, 6) is 1.60. The maximum Gasteiger partial charge on any atom is 0.142 e. The third-order valence-electron chi connectivity index (χ3n) is 3.44. The van der Waals surface area contributed by atoms with Crippen LogP contribution in [0.4, 0.5) is 5.69 Å². The van der Waals surface area contributed by atoms with Gasteiger partial charge in [0.15, 0.2) is 0 Å². The van der Waals surface area contributed by atoms with E-state index in [0.29, 0.717) is 6.54 Å². The molecular weight excluding hydrogens is 266 g/mol. The van der Waals surface area contributed by atoms with Crippen molar-refractivity contribution in [2.24, 2.45) is 0 Å². The van der Waals surface area contributed by atoms with Gasteiger partial charge in [0.25, 0.3) is 0 Å². The van der Waals surface area contributed by atoms with Crippen molar-refractivity contribution in [1.29, 1.82) is 0 Å². The van der Waals surface area contributed by atoms with E-state index in [1.54, 1.807) is 14.2 Å². The van der Waals surface area contributed by atoms with Gasteiger partial charge in [-0.3, -0.25) is 4.68 Å². The van der Waals surface area contributed by atoms with Gasteiger partial charge >= 0.3 is 0 Å². The van der Waals surface area contributed by atoms with Crippen LogP contribution in [0.2, 0.25) is 0 Å². The van der Waals surface area contributed by atoms with Gasteiger partial charge in [-0.1, -0.05) is 6.92 Å². The number of methoxy groups -OCH3 is 2. The monoisotopic (exact) mass is 289 g/mol. The van der Waals surface area contributed by atoms with E-state index in [4.69, 9.17) is 9.47 Å². The molecule has 21 heavy (non-hydrogen) atoms. The highest BCUT2D eigenvalue weighted by Crippen LogP contribution is 2.29. The first kappa shape index (κ1) is 15.2. The molecule has 0 atom stereocenters. The summed E-state index contributed by atoms with van der Waals surface area (Å²) in [4.78, 5) is 0. The Morgan fingerprint density at radius 1 is 1.14 bits per heavy atom. The molecule has 0 fully saturated rings. The van der Waals surface area contributed by atoms with Gasteiger partial charge in [-0.2, -0.15) is 5.10 Å². The molecule has 5 nitrogen and oxygen atoms in total. The van der Waals surface area contributed by atoms with Crippen LogP contribution >= 0.6 is 0 Å². The van der Waals surface area contributed by atoms with Gasteiger partial charge in [0, 0.05) is 12.6 Å². The molecule has 0 saturated carbocycles. The number of aromatic nitrogens is 2. The zero-order valence-electron chi connectivity index (χ0n) is 13.1. The molecule has 1 heterocycles. The van der Waals surface area contributed by atoms with Gasteiger partial charge in [0.2, 0.25) is 0 Å². The van der Waals surface area contributed by atoms with Gasteiger partial charge in [-0.25, -0.2) is 0 Å². The van der Waals surface area contributed by atoms with E-state index >= 15 is 0 Å². The molecule has 1 N–H and O–H groups in total. The lowest BCUT2D eigenvalue weighted by Gasteiger charge is -2.13. The molecule has 0 amide bonds. The Kier molecular flexibility index (Phi) is 5.09. The predicted octanol–water partition coefficient (Wildman–Crippen LogP) is 3.09. The number of nitrogens with one attached hydrogen (secondary N) is 1. The van der Waals surface area contributed by atoms with E-state index in [1.807, 2.05) is 22.9 Å². The molecule has 0 bridgehead atoms. The fourth-order valence-electron chi connectivity index (χ4n) is 2.24. The molecule has 114 valence electrons. The molecular formula is C16H23N3O2. The number of hydrogen-bond donors (Lipinski definition) is 1. The van der Waals surface area contributed by atoms with Gasteiger partial charge < -0.3 is 14.8 Å². The fourth-order valence-corrected chi connectivity index (χ4v) is 2.24. The van der Waals surface area contributed by atoms with E-state index in [-0.39, 0.29) is 0 Å². The smallest absolute Gasteiger partial charge is 0.142 e. The second-order valence-corrected chi connectivity index (χ2v) is 4.72. The van der Waals surface area contributed by atoms with Crippen LogP contribution in [0, 0.1) is 0 Å². The van der Waals surface area contributed by atoms with E-state index in [1.165, 1.54) is 5.69 Å². The van der Waals surface area contributed by atoms with Crippen molar-refractivity contribution in [2.75, 3.05) is 19.5 Å². The maximum atomic E-state index is 5.38. The molecule has 0 saturated heterocycles. The molecule has 1 aromatic carbocycles. The van der Waals surface area contributed by atoms with Crippen LogP contribution in [0.15, 0.2) is 24.3 Å². The Morgan fingerprint density at radius 2 is 1.95 bits per heavy atom. The van der Waals surface area contributed by atoms with E-state index in [0.717, 1.165) is 35.8 Å². The van der Waals surface area contributed by atoms with Crippen molar-refractivity contribution in [1.82, 2.24) is 9.78 Å². The second-order valence-electron chi connectivity index (χ2n) is 4.72. The lowest BCUT2D eigenvalue weighted by Crippen LogP contribution is -2.08. The van der Waals surface area contributed by atoms with E-state index in [2.05, 4.69) is 30.3 Å². The molecule has 0 aliphatic rings. The van der Waals surface area contributed by atoms with Gasteiger partial charge in [-0.05, 0) is 31.5 Å². The van der Waals surface area contributed by atoms with Crippen LogP contribution < -0.4 is 14.8 Å². The minimum Gasteiger partial charge on any atom is -0.497 e. The Morgan fingerprint density at radius 3 is 2.57 bits per heavy atom. The molecule has 2 aromatic rings. The Balaban J connectivity index is 2.17. The maximum absolute atomic E-state index is 5.38. The minimum atomic E-state index is 0.699. The van der Waals surface area contributed by atoms with Crippen molar-refractivity contribution in [3.8, 4) is 11.5 Å². The third kappa shape index (κ3) is 3.48. The quantitative estimate of drug-likeness (QED) is 0.851. The molecule has 1 aromatic heterocycles. The summed E-state index contributed by atoms with van der Waals surface area (Å²) in [6.07, 6.45) is 0.947. The second kappa shape index (κ2) is 7.02. The average Bonchev–Trinajstić information content (AvgIpc) is 2.94. The van der Waals surface area contributed by atoms with Crippen molar-refractivity contribution >= 4 is 5.69 Å². The van der Waals surface area contributed by atoms with Crippen LogP contribution in [0.25, 0.3) is 0 Å². The van der Waals surface area contributed by atoms with Gasteiger partial charge in [-0.15, -0.1) is 0 Å². The van der Waals surface area contributed by atoms with Crippen LogP contribution in [0.1, 0.15) is 25.2 Å². The number of anilines is 1. The fraction of sp³-hybridized carbons (Fsp3) is 0.438. The van der Waals surface area contributed by atoms with Crippen molar-refractivity contribution in [3.05, 3.63) is 35.7 Å². The first-order valence-corrected chi connectivity index (χ1v) is 7.23. The van der Waals surface area contributed by atoms with Crippen molar-refractivity contribution in [2.45, 2.75) is 33.4 Å². The van der Waals surface area contributed by atoms with Gasteiger partial charge in [0.05, 0.1) is 37.8 Å². The topological polar surface area (TPSA) is 48.3 Å². The molecule has 2 rings (SSSR count). The molecule has 0 aliphatic heterocycles. The highest BCUT2D eigenvalue weighted by Gasteiger charge is 2.08. The zero-order valence-corrected chi connectivity index (χ0v) is 13.1. The lowest BCUT2D eigenvalue weighted by atomic mass is 10.2. The standard InChI is InChI=1S/C16H23N3O2/c1-5-12-9-13(19(6-2)18-12)11-17-15-10-14(20-3)7-8-16(15)21-4/h7-10,17H,5-6,11H2,1-4H3. The first-order valence-electron chi connectivity index (χ1n) is 7.23. The Labute approximate surface area is 125 Å². The minimum absolute atomic E-state index is 0.699. The lowest BCUT2D eigenvalue weighted by molar-refractivity contribution is 0.404. The van der Waals surface area contributed by atoms with Crippen LogP contribution in [0.3, 0.4) is 0 Å². The summed E-state index contributed by atoms with van der Waals surface area (Å²) >= 11 is 0. The van der Waals surface area contributed by atoms with E-state index in [9.17, 15) is 0 Å². The summed E-state index contributed by atoms with van der Waals surface area (Å²) in [6, 6.07) is 7.86. The molecule has 0 radical (unpaired) electrons. The average molecular weight is 289 g/mol. The Hall–Kier alpha value is -2.17. The van der Waals surface area contributed by atoms with Gasteiger partial charge in [0.1, 0.15) is 11.5 Å². The summed E-state index contributed by atoms with van der Waals surface area (Å²) in [5.41, 5.74) is 3.20. The summed E-state index contributed by atoms with van der Waals surface area (Å²) in [6.45, 7) is 5.78. The van der Waals surface area contributed by atoms with Crippen molar-refractivity contribution < 1.29 is 9.47 Å². The number of hydrogen-bond acceptors (Lipinski definition) is 4. The highest BCUT2D eigenvalue weighted by atomic mass is 16.5. The normalized spacial score (nSPS) is 10.5. The zero-order chi connectivity index (χ0) is 15.2. The third-order valence-corrected chi connectivity index (χ3v) is 3.44. The first-order chi connectivity index (χ1) is 10.2. The number of nitrogens with zero attached hydrogens (tertiary/aromatic N) is 2. The van der Waals surface area contributed by atoms with Crippen molar-refractivity contribution in [3.63, 3.8) is 0 Å². The Bertz CT molecular complexity index is 593. The largest absolute Gasteiger partial charge is 0.497 e. The SMILES string of the molecule is CCc1cc(CNc2cc(OC)ccc2OC)n(CC)n1. The van der Waals surface area contributed by atoms with Crippen LogP contribution in [-0.2, 0) is 19.5 Å². The molecule has 0 spiro atoms. The predicted molar refractivity (Wildman–Crippen MR) is 84.2 cm³/mol. The highest BCUT2D eigenvalue weighted by molar-refractivity contribution is 5.59. The summed E-state index contributed by atoms with van der Waals surface area (Å²) in [7, 11) is 3.32. The summed E-state index contributed by atoms with van der Waals surface area (Å²) < 4.78 is 12.7. The summed E-state index contributed by atoms with van der Waals surface area (Å²) in [5, 5.41) is 7.96. The number of benzene rings is 1. The molecule has 0 unspecified atom stereocenters. The van der Waals surface area contributed by atoms with Crippen LogP contribution in [0.5, 0.6) is 11.5 Å². The number of ether oxygens (including phenoxy) is 2. The van der Waals surface area contributed by atoms with E-state index < -0.39 is 0 Å². The number of aryl methyl sites for hydroxylation is 2. The number of rotatable bonds is 7.